The number of ether oxygens (including phenoxy) is 1. The number of rotatable bonds is 4. The van der Waals surface area contributed by atoms with E-state index in [-0.39, 0.29) is 29.5 Å². The Morgan fingerprint density at radius 1 is 1.36 bits per heavy atom. The molecule has 0 aliphatic heterocycles. The highest BCUT2D eigenvalue weighted by atomic mass is 19.1. The molecule has 0 fully saturated rings. The number of hydrogen-bond acceptors (Lipinski definition) is 4. The van der Waals surface area contributed by atoms with E-state index in [4.69, 9.17) is 20.8 Å². The van der Waals surface area contributed by atoms with E-state index in [0.29, 0.717) is 11.1 Å². The van der Waals surface area contributed by atoms with Crippen LogP contribution in [0.25, 0.3) is 11.1 Å². The fraction of sp³-hybridized carbons (Fsp3) is 0.0667. The zero-order valence-corrected chi connectivity index (χ0v) is 11.3. The Morgan fingerprint density at radius 3 is 2.64 bits per heavy atom. The predicted octanol–water partition coefficient (Wildman–Crippen LogP) is 3.07. The Balaban J connectivity index is 2.51. The number of nitrogens with zero attached hydrogens (tertiary/aromatic N) is 1. The highest BCUT2D eigenvalue weighted by Gasteiger charge is 2.13. The molecule has 22 heavy (non-hydrogen) atoms. The lowest BCUT2D eigenvalue weighted by Gasteiger charge is -2.14. The Hall–Kier alpha value is -3.27. The quantitative estimate of drug-likeness (QED) is 0.752. The van der Waals surface area contributed by atoms with Gasteiger partial charge in [-0.1, -0.05) is 12.1 Å². The lowest BCUT2D eigenvalue weighted by molar-refractivity contribution is 0.210. The second-order valence-electron chi connectivity index (χ2n) is 4.32. The topological polar surface area (TPSA) is 108 Å². The number of nitrogen functional groups attached to an aromatic ring is 1. The molecular formula is C15H12FN3O3. The summed E-state index contributed by atoms with van der Waals surface area (Å²) in [5, 5.41) is 19.6. The summed E-state index contributed by atoms with van der Waals surface area (Å²) in [5.74, 6) is -0.119. The van der Waals surface area contributed by atoms with Gasteiger partial charge < -0.3 is 15.6 Å². The van der Waals surface area contributed by atoms with Crippen molar-refractivity contribution in [3.05, 3.63) is 42.2 Å². The average molecular weight is 301 g/mol. The van der Waals surface area contributed by atoms with Crippen molar-refractivity contribution in [2.75, 3.05) is 17.7 Å². The number of benzene rings is 2. The van der Waals surface area contributed by atoms with Crippen LogP contribution < -0.4 is 15.8 Å². The molecule has 0 atom stereocenters. The van der Waals surface area contributed by atoms with Crippen LogP contribution in [0.1, 0.15) is 0 Å². The van der Waals surface area contributed by atoms with Gasteiger partial charge in [0.1, 0.15) is 17.6 Å². The van der Waals surface area contributed by atoms with Crippen LogP contribution in [-0.2, 0) is 0 Å². The van der Waals surface area contributed by atoms with E-state index in [1.807, 2.05) is 6.07 Å². The summed E-state index contributed by atoms with van der Waals surface area (Å²) in [6, 6.07) is 10.4. The van der Waals surface area contributed by atoms with Crippen molar-refractivity contribution < 1.29 is 19.0 Å². The number of amides is 1. The van der Waals surface area contributed by atoms with Crippen LogP contribution in [0.3, 0.4) is 0 Å². The molecule has 1 amide bonds. The van der Waals surface area contributed by atoms with E-state index in [1.54, 1.807) is 0 Å². The lowest BCUT2D eigenvalue weighted by Crippen LogP contribution is -2.10. The van der Waals surface area contributed by atoms with Crippen LogP contribution in [0.4, 0.5) is 20.6 Å². The third kappa shape index (κ3) is 3.43. The number of hydrogen-bond donors (Lipinski definition) is 3. The maximum Gasteiger partial charge on any atom is 0.409 e. The molecule has 0 bridgehead atoms. The number of carboxylic acid groups (broad SMARTS) is 1. The molecule has 0 aromatic heterocycles. The molecule has 112 valence electrons. The first-order valence-corrected chi connectivity index (χ1v) is 6.20. The van der Waals surface area contributed by atoms with Crippen molar-refractivity contribution in [3.8, 4) is 22.9 Å². The number of halogens is 1. The third-order valence-corrected chi connectivity index (χ3v) is 2.84. The first kappa shape index (κ1) is 15.1. The van der Waals surface area contributed by atoms with Gasteiger partial charge in [0.15, 0.2) is 6.61 Å². The van der Waals surface area contributed by atoms with Gasteiger partial charge >= 0.3 is 6.09 Å². The maximum atomic E-state index is 13.0. The van der Waals surface area contributed by atoms with E-state index in [2.05, 4.69) is 5.32 Å². The van der Waals surface area contributed by atoms with E-state index in [9.17, 15) is 9.18 Å². The maximum absolute atomic E-state index is 13.0. The van der Waals surface area contributed by atoms with Crippen LogP contribution in [0.2, 0.25) is 0 Å². The summed E-state index contributed by atoms with van der Waals surface area (Å²) in [6.07, 6.45) is -1.27. The van der Waals surface area contributed by atoms with Gasteiger partial charge in [-0.3, -0.25) is 5.32 Å². The molecule has 2 aromatic rings. The minimum absolute atomic E-state index is 0.145. The van der Waals surface area contributed by atoms with Crippen LogP contribution in [0, 0.1) is 17.1 Å². The zero-order valence-electron chi connectivity index (χ0n) is 11.3. The molecular weight excluding hydrogens is 289 g/mol. The van der Waals surface area contributed by atoms with E-state index in [0.717, 1.165) is 0 Å². The van der Waals surface area contributed by atoms with Crippen molar-refractivity contribution in [2.24, 2.45) is 0 Å². The van der Waals surface area contributed by atoms with Crippen molar-refractivity contribution in [1.82, 2.24) is 0 Å². The Bertz CT molecular complexity index is 739. The molecule has 0 aliphatic carbocycles. The van der Waals surface area contributed by atoms with Crippen molar-refractivity contribution >= 4 is 17.5 Å². The third-order valence-electron chi connectivity index (χ3n) is 2.84. The highest BCUT2D eigenvalue weighted by molar-refractivity contribution is 5.91. The van der Waals surface area contributed by atoms with Gasteiger partial charge in [0, 0.05) is 11.6 Å². The molecule has 0 radical (unpaired) electrons. The van der Waals surface area contributed by atoms with Gasteiger partial charge in [0.25, 0.3) is 0 Å². The minimum Gasteiger partial charge on any atom is -0.478 e. The normalized spacial score (nSPS) is 9.82. The summed E-state index contributed by atoms with van der Waals surface area (Å²) in [6.45, 7) is -0.218. The van der Waals surface area contributed by atoms with Crippen LogP contribution in [0.5, 0.6) is 5.75 Å². The van der Waals surface area contributed by atoms with Crippen molar-refractivity contribution in [3.63, 3.8) is 0 Å². The Kier molecular flexibility index (Phi) is 4.44. The summed E-state index contributed by atoms with van der Waals surface area (Å²) in [5.41, 5.74) is 7.30. The van der Waals surface area contributed by atoms with Crippen LogP contribution in [0.15, 0.2) is 36.4 Å². The fourth-order valence-electron chi connectivity index (χ4n) is 1.90. The molecule has 4 N–H and O–H groups in total. The van der Waals surface area contributed by atoms with Crippen LogP contribution in [-0.4, -0.2) is 17.8 Å². The lowest BCUT2D eigenvalue weighted by atomic mass is 10.0. The summed E-state index contributed by atoms with van der Waals surface area (Å²) < 4.78 is 18.3. The van der Waals surface area contributed by atoms with Gasteiger partial charge in [-0.05, 0) is 23.8 Å². The first-order valence-electron chi connectivity index (χ1n) is 6.20. The molecule has 2 aromatic carbocycles. The standard InChI is InChI=1S/C15H12FN3O3/c16-10-3-1-9(2-4-10)11-7-12(18)13(19-15(20)21)8-14(11)22-6-5-17/h1-4,7-8,19H,6,18H2,(H,20,21). The molecule has 0 heterocycles. The Labute approximate surface area is 125 Å². The summed E-state index contributed by atoms with van der Waals surface area (Å²) >= 11 is 0. The van der Waals surface area contributed by atoms with E-state index in [1.165, 1.54) is 36.4 Å². The number of nitrogens with two attached hydrogens (primary N) is 1. The molecule has 6 nitrogen and oxygen atoms in total. The van der Waals surface area contributed by atoms with Gasteiger partial charge in [-0.15, -0.1) is 0 Å². The minimum atomic E-state index is -1.27. The highest BCUT2D eigenvalue weighted by Crippen LogP contribution is 2.36. The van der Waals surface area contributed by atoms with E-state index < -0.39 is 6.09 Å². The Morgan fingerprint density at radius 2 is 2.05 bits per heavy atom. The second-order valence-corrected chi connectivity index (χ2v) is 4.32. The smallest absolute Gasteiger partial charge is 0.409 e. The fourth-order valence-corrected chi connectivity index (χ4v) is 1.90. The summed E-state index contributed by atoms with van der Waals surface area (Å²) in [7, 11) is 0. The van der Waals surface area contributed by atoms with Crippen molar-refractivity contribution in [2.45, 2.75) is 0 Å². The molecule has 7 heteroatoms. The van der Waals surface area contributed by atoms with Gasteiger partial charge in [-0.25, -0.2) is 9.18 Å². The van der Waals surface area contributed by atoms with Gasteiger partial charge in [0.2, 0.25) is 0 Å². The summed E-state index contributed by atoms with van der Waals surface area (Å²) in [4.78, 5) is 10.7. The SMILES string of the molecule is N#CCOc1cc(NC(=O)O)c(N)cc1-c1ccc(F)cc1. The predicted molar refractivity (Wildman–Crippen MR) is 79.0 cm³/mol. The van der Waals surface area contributed by atoms with Crippen LogP contribution >= 0.6 is 0 Å². The number of anilines is 2. The van der Waals surface area contributed by atoms with Gasteiger partial charge in [-0.2, -0.15) is 5.26 Å². The largest absolute Gasteiger partial charge is 0.478 e. The monoisotopic (exact) mass is 301 g/mol. The molecule has 0 saturated heterocycles. The zero-order chi connectivity index (χ0) is 16.1. The molecule has 0 aliphatic rings. The van der Waals surface area contributed by atoms with E-state index >= 15 is 0 Å². The molecule has 2 rings (SSSR count). The van der Waals surface area contributed by atoms with Crippen molar-refractivity contribution in [1.29, 1.82) is 5.26 Å². The molecule has 0 saturated carbocycles. The number of nitriles is 1. The number of nitrogens with one attached hydrogen (secondary N) is 1. The molecule has 0 spiro atoms. The second kappa shape index (κ2) is 6.45. The average Bonchev–Trinajstić information content (AvgIpc) is 2.48. The van der Waals surface area contributed by atoms with Gasteiger partial charge in [0.05, 0.1) is 11.4 Å². The molecule has 0 unspecified atom stereocenters. The first-order chi connectivity index (χ1) is 10.5. The number of carbonyl (C=O) groups is 1.